The quantitative estimate of drug-likeness (QED) is 0.568. The minimum absolute atomic E-state index is 0.0943. The van der Waals surface area contributed by atoms with Crippen LogP contribution >= 0.6 is 0 Å². The maximum absolute atomic E-state index is 13.0. The molecule has 1 fully saturated rings. The van der Waals surface area contributed by atoms with Crippen molar-refractivity contribution in [1.82, 2.24) is 14.1 Å². The lowest BCUT2D eigenvalue weighted by Gasteiger charge is -2.30. The number of aromatic nitrogens is 2. The molecule has 0 aliphatic carbocycles. The van der Waals surface area contributed by atoms with E-state index in [-0.39, 0.29) is 11.8 Å². The molecular formula is C25H30N4O3S. The average Bonchev–Trinajstić information content (AvgIpc) is 3.26. The van der Waals surface area contributed by atoms with E-state index >= 15 is 0 Å². The molecule has 33 heavy (non-hydrogen) atoms. The third-order valence-corrected chi connectivity index (χ3v) is 8.07. The van der Waals surface area contributed by atoms with Crippen LogP contribution < -0.4 is 5.32 Å². The Morgan fingerprint density at radius 3 is 2.33 bits per heavy atom. The lowest BCUT2D eigenvalue weighted by Crippen LogP contribution is -2.41. The first-order valence-electron chi connectivity index (χ1n) is 11.3. The van der Waals surface area contributed by atoms with Gasteiger partial charge in [0.25, 0.3) is 0 Å². The summed E-state index contributed by atoms with van der Waals surface area (Å²) in [6.07, 6.45) is 2.64. The zero-order valence-electron chi connectivity index (χ0n) is 19.0. The summed E-state index contributed by atoms with van der Waals surface area (Å²) in [5.74, 6) is 0.659. The van der Waals surface area contributed by atoms with Crippen LogP contribution in [0.1, 0.15) is 43.7 Å². The highest BCUT2D eigenvalue weighted by Gasteiger charge is 2.32. The van der Waals surface area contributed by atoms with Crippen molar-refractivity contribution in [1.29, 1.82) is 0 Å². The Bertz CT molecular complexity index is 1180. The molecule has 1 aromatic heterocycles. The minimum Gasteiger partial charge on any atom is -0.311 e. The van der Waals surface area contributed by atoms with Crippen molar-refractivity contribution in [3.8, 4) is 0 Å². The molecule has 1 N–H and O–H groups in total. The third-order valence-electron chi connectivity index (χ3n) is 6.15. The number of nitrogens with one attached hydrogen (secondary N) is 1. The molecule has 3 aromatic rings. The number of benzene rings is 2. The lowest BCUT2D eigenvalue weighted by atomic mass is 9.97. The van der Waals surface area contributed by atoms with E-state index in [2.05, 4.69) is 24.3 Å². The summed E-state index contributed by atoms with van der Waals surface area (Å²) in [7, 11) is -3.56. The molecule has 7 nitrogen and oxygen atoms in total. The molecule has 1 amide bonds. The molecule has 2 heterocycles. The third kappa shape index (κ3) is 5.34. The first kappa shape index (κ1) is 23.2. The van der Waals surface area contributed by atoms with Gasteiger partial charge in [-0.05, 0) is 42.0 Å². The van der Waals surface area contributed by atoms with Crippen LogP contribution in [0.5, 0.6) is 0 Å². The Kier molecular flexibility index (Phi) is 6.95. The Labute approximate surface area is 195 Å². The van der Waals surface area contributed by atoms with Crippen molar-refractivity contribution in [2.24, 2.45) is 5.92 Å². The number of anilines is 1. The van der Waals surface area contributed by atoms with Gasteiger partial charge < -0.3 is 5.32 Å². The van der Waals surface area contributed by atoms with Crippen molar-refractivity contribution in [3.05, 3.63) is 78.0 Å². The Balaban J connectivity index is 1.35. The first-order valence-corrected chi connectivity index (χ1v) is 12.8. The smallest absolute Gasteiger partial charge is 0.243 e. The van der Waals surface area contributed by atoms with Gasteiger partial charge in [0, 0.05) is 25.1 Å². The number of nitrogens with zero attached hydrogens (tertiary/aromatic N) is 3. The molecule has 0 atom stereocenters. The maximum Gasteiger partial charge on any atom is 0.243 e. The fraction of sp³-hybridized carbons (Fsp3) is 0.360. The highest BCUT2D eigenvalue weighted by molar-refractivity contribution is 7.89. The molecule has 4 rings (SSSR count). The number of piperidine rings is 1. The largest absolute Gasteiger partial charge is 0.311 e. The van der Waals surface area contributed by atoms with Crippen LogP contribution in [0.3, 0.4) is 0 Å². The summed E-state index contributed by atoms with van der Waals surface area (Å²) in [4.78, 5) is 13.2. The van der Waals surface area contributed by atoms with Crippen LogP contribution in [0.4, 0.5) is 5.82 Å². The molecule has 0 spiro atoms. The Morgan fingerprint density at radius 2 is 1.70 bits per heavy atom. The predicted molar refractivity (Wildman–Crippen MR) is 128 cm³/mol. The van der Waals surface area contributed by atoms with Gasteiger partial charge in [-0.3, -0.25) is 4.79 Å². The average molecular weight is 467 g/mol. The van der Waals surface area contributed by atoms with Gasteiger partial charge >= 0.3 is 0 Å². The van der Waals surface area contributed by atoms with E-state index < -0.39 is 10.0 Å². The molecule has 8 heteroatoms. The zero-order valence-corrected chi connectivity index (χ0v) is 19.8. The monoisotopic (exact) mass is 466 g/mol. The number of amides is 1. The van der Waals surface area contributed by atoms with Gasteiger partial charge in [0.15, 0.2) is 0 Å². The molecule has 0 bridgehead atoms. The van der Waals surface area contributed by atoms with E-state index in [1.54, 1.807) is 29.1 Å². The number of hydrogen-bond donors (Lipinski definition) is 1. The summed E-state index contributed by atoms with van der Waals surface area (Å²) in [6.45, 7) is 5.38. The molecule has 2 aromatic carbocycles. The topological polar surface area (TPSA) is 84.3 Å². The van der Waals surface area contributed by atoms with Crippen molar-refractivity contribution >= 4 is 21.7 Å². The van der Waals surface area contributed by atoms with Crippen molar-refractivity contribution in [2.45, 2.75) is 44.0 Å². The van der Waals surface area contributed by atoms with Gasteiger partial charge in [0.1, 0.15) is 5.82 Å². The van der Waals surface area contributed by atoms with E-state index in [1.165, 1.54) is 4.31 Å². The van der Waals surface area contributed by atoms with Crippen molar-refractivity contribution in [2.75, 3.05) is 18.4 Å². The molecule has 0 saturated carbocycles. The van der Waals surface area contributed by atoms with E-state index in [0.29, 0.717) is 49.1 Å². The second kappa shape index (κ2) is 9.89. The predicted octanol–water partition coefficient (Wildman–Crippen LogP) is 4.09. The molecule has 0 radical (unpaired) electrons. The fourth-order valence-electron chi connectivity index (χ4n) is 4.08. The number of carbonyl (C=O) groups excluding carboxylic acids is 1. The van der Waals surface area contributed by atoms with E-state index in [1.807, 2.05) is 42.5 Å². The molecule has 0 unspecified atom stereocenters. The van der Waals surface area contributed by atoms with Crippen molar-refractivity contribution < 1.29 is 13.2 Å². The summed E-state index contributed by atoms with van der Waals surface area (Å²) in [5.41, 5.74) is 2.20. The zero-order chi connectivity index (χ0) is 23.4. The highest BCUT2D eigenvalue weighted by atomic mass is 32.2. The van der Waals surface area contributed by atoms with E-state index in [4.69, 9.17) is 0 Å². The minimum atomic E-state index is -3.56. The summed E-state index contributed by atoms with van der Waals surface area (Å²) in [5, 5.41) is 7.30. The summed E-state index contributed by atoms with van der Waals surface area (Å²) >= 11 is 0. The van der Waals surface area contributed by atoms with E-state index in [0.717, 1.165) is 11.1 Å². The molecular weight excluding hydrogens is 436 g/mol. The van der Waals surface area contributed by atoms with Gasteiger partial charge in [-0.25, -0.2) is 13.1 Å². The van der Waals surface area contributed by atoms with E-state index in [9.17, 15) is 13.2 Å². The summed E-state index contributed by atoms with van der Waals surface area (Å²) < 4.78 is 29.3. The van der Waals surface area contributed by atoms with Gasteiger partial charge in [-0.1, -0.05) is 56.3 Å². The van der Waals surface area contributed by atoms with Crippen LogP contribution in [0.25, 0.3) is 0 Å². The molecule has 1 aliphatic heterocycles. The van der Waals surface area contributed by atoms with Crippen LogP contribution in [0, 0.1) is 5.92 Å². The van der Waals surface area contributed by atoms with Crippen LogP contribution in [0.2, 0.25) is 0 Å². The maximum atomic E-state index is 13.0. The summed E-state index contributed by atoms with van der Waals surface area (Å²) in [6, 6.07) is 18.8. The van der Waals surface area contributed by atoms with Crippen LogP contribution in [-0.2, 0) is 21.4 Å². The SMILES string of the molecule is CC(C)c1ccc(S(=O)(=O)N2CCC(C(=O)Nc3ccnn3Cc3ccccc3)CC2)cc1. The van der Waals surface area contributed by atoms with Crippen LogP contribution in [0.15, 0.2) is 71.8 Å². The van der Waals surface area contributed by atoms with Crippen molar-refractivity contribution in [3.63, 3.8) is 0 Å². The van der Waals surface area contributed by atoms with Gasteiger partial charge in [0.2, 0.25) is 15.9 Å². The number of carbonyl (C=O) groups is 1. The standard InChI is InChI=1S/C25H30N4O3S/c1-19(2)21-8-10-23(11-9-21)33(31,32)28-16-13-22(14-17-28)25(30)27-24-12-15-26-29(24)18-20-6-4-3-5-7-20/h3-12,15,19,22H,13-14,16-18H2,1-2H3,(H,27,30). The first-order chi connectivity index (χ1) is 15.8. The number of sulfonamides is 1. The van der Waals surface area contributed by atoms with Gasteiger partial charge in [-0.15, -0.1) is 0 Å². The lowest BCUT2D eigenvalue weighted by molar-refractivity contribution is -0.121. The molecule has 1 aliphatic rings. The van der Waals surface area contributed by atoms with Gasteiger partial charge in [-0.2, -0.15) is 9.40 Å². The second-order valence-electron chi connectivity index (χ2n) is 8.75. The fourth-order valence-corrected chi connectivity index (χ4v) is 5.55. The van der Waals surface area contributed by atoms with Gasteiger partial charge in [0.05, 0.1) is 17.6 Å². The Morgan fingerprint density at radius 1 is 1.03 bits per heavy atom. The second-order valence-corrected chi connectivity index (χ2v) is 10.7. The normalized spacial score (nSPS) is 15.6. The molecule has 1 saturated heterocycles. The van der Waals surface area contributed by atoms with Crippen LogP contribution in [-0.4, -0.2) is 41.5 Å². The molecule has 174 valence electrons. The number of hydrogen-bond acceptors (Lipinski definition) is 4. The Hall–Kier alpha value is -2.97. The highest BCUT2D eigenvalue weighted by Crippen LogP contribution is 2.26. The number of rotatable bonds is 7.